The maximum absolute atomic E-state index is 8.94. The fourth-order valence-electron chi connectivity index (χ4n) is 2.70. The largest absolute Gasteiger partial charge is 0.493 e. The highest BCUT2D eigenvalue weighted by atomic mass is 16.5. The summed E-state index contributed by atoms with van der Waals surface area (Å²) in [5.41, 5.74) is 2.96. The van der Waals surface area contributed by atoms with E-state index >= 15 is 0 Å². The highest BCUT2D eigenvalue weighted by Gasteiger charge is 2.22. The molecule has 0 amide bonds. The number of para-hydroxylation sites is 1. The van der Waals surface area contributed by atoms with E-state index < -0.39 is 0 Å². The third-order valence-electron chi connectivity index (χ3n) is 3.83. The number of hydrogen-bond donors (Lipinski definition) is 1. The first-order valence-electron chi connectivity index (χ1n) is 7.31. The Balaban J connectivity index is 1.64. The molecule has 0 aliphatic carbocycles. The highest BCUT2D eigenvalue weighted by Crippen LogP contribution is 2.34. The number of fused-ring (bicyclic) bond motifs is 1. The first-order chi connectivity index (χ1) is 10.8. The summed E-state index contributed by atoms with van der Waals surface area (Å²) in [4.78, 5) is 0. The third-order valence-corrected chi connectivity index (χ3v) is 3.83. The summed E-state index contributed by atoms with van der Waals surface area (Å²) < 4.78 is 11.2. The predicted octanol–water partition coefficient (Wildman–Crippen LogP) is 2.66. The summed E-state index contributed by atoms with van der Waals surface area (Å²) in [6, 6.07) is 16.1. The minimum Gasteiger partial charge on any atom is -0.493 e. The van der Waals surface area contributed by atoms with Crippen LogP contribution in [0.5, 0.6) is 11.5 Å². The van der Waals surface area contributed by atoms with Crippen LogP contribution in [0.15, 0.2) is 42.5 Å². The number of methoxy groups -OCH3 is 1. The lowest BCUT2D eigenvalue weighted by atomic mass is 10.0. The van der Waals surface area contributed by atoms with Crippen LogP contribution in [0.3, 0.4) is 0 Å². The van der Waals surface area contributed by atoms with Crippen LogP contribution in [-0.4, -0.2) is 19.8 Å². The molecule has 0 unspecified atom stereocenters. The average Bonchev–Trinajstić information content (AvgIpc) is 2.59. The van der Waals surface area contributed by atoms with Crippen LogP contribution < -0.4 is 14.8 Å². The van der Waals surface area contributed by atoms with Crippen LogP contribution in [-0.2, 0) is 13.0 Å². The van der Waals surface area contributed by atoms with Crippen molar-refractivity contribution in [3.8, 4) is 17.6 Å². The van der Waals surface area contributed by atoms with Gasteiger partial charge in [0.1, 0.15) is 6.61 Å². The Bertz CT molecular complexity index is 706. The monoisotopic (exact) mass is 294 g/mol. The minimum atomic E-state index is 0.255. The number of rotatable bonds is 4. The molecule has 1 atom stereocenters. The topological polar surface area (TPSA) is 54.3 Å². The van der Waals surface area contributed by atoms with Gasteiger partial charge < -0.3 is 14.8 Å². The number of ether oxygens (including phenoxy) is 2. The molecule has 2 aromatic carbocycles. The van der Waals surface area contributed by atoms with Crippen LogP contribution >= 0.6 is 0 Å². The zero-order valence-corrected chi connectivity index (χ0v) is 12.5. The lowest BCUT2D eigenvalue weighted by Gasteiger charge is -2.27. The van der Waals surface area contributed by atoms with Gasteiger partial charge in [-0.25, -0.2) is 0 Å². The molecule has 112 valence electrons. The van der Waals surface area contributed by atoms with Crippen LogP contribution in [0, 0.1) is 11.3 Å². The van der Waals surface area contributed by atoms with Gasteiger partial charge in [0.15, 0.2) is 11.5 Å². The normalized spacial score (nSPS) is 16.3. The van der Waals surface area contributed by atoms with E-state index in [9.17, 15) is 0 Å². The summed E-state index contributed by atoms with van der Waals surface area (Å²) in [7, 11) is 1.66. The SMILES string of the molecule is COc1cccc2c1OC[C@H](NCc1cccc(C#N)c1)C2. The minimum absolute atomic E-state index is 0.255. The third kappa shape index (κ3) is 3.05. The molecule has 3 rings (SSSR count). The molecule has 0 spiro atoms. The molecule has 1 N–H and O–H groups in total. The molecule has 1 aliphatic rings. The van der Waals surface area contributed by atoms with Gasteiger partial charge in [-0.15, -0.1) is 0 Å². The average molecular weight is 294 g/mol. The van der Waals surface area contributed by atoms with Gasteiger partial charge in [0.2, 0.25) is 0 Å². The fraction of sp³-hybridized carbons (Fsp3) is 0.278. The molecule has 2 aromatic rings. The van der Waals surface area contributed by atoms with E-state index in [1.807, 2.05) is 36.4 Å². The molecule has 0 saturated carbocycles. The van der Waals surface area contributed by atoms with Gasteiger partial charge in [-0.3, -0.25) is 0 Å². The molecule has 0 saturated heterocycles. The second-order valence-electron chi connectivity index (χ2n) is 5.35. The maximum Gasteiger partial charge on any atom is 0.164 e. The maximum atomic E-state index is 8.94. The first kappa shape index (κ1) is 14.4. The van der Waals surface area contributed by atoms with E-state index in [2.05, 4.69) is 17.5 Å². The summed E-state index contributed by atoms with van der Waals surface area (Å²) >= 11 is 0. The summed E-state index contributed by atoms with van der Waals surface area (Å²) in [5, 5.41) is 12.4. The zero-order chi connectivity index (χ0) is 15.4. The van der Waals surface area contributed by atoms with Gasteiger partial charge in [0.05, 0.1) is 18.7 Å². The molecule has 0 bridgehead atoms. The lowest BCUT2D eigenvalue weighted by Crippen LogP contribution is -2.38. The van der Waals surface area contributed by atoms with Gasteiger partial charge in [-0.2, -0.15) is 5.26 Å². The lowest BCUT2D eigenvalue weighted by molar-refractivity contribution is 0.226. The highest BCUT2D eigenvalue weighted by molar-refractivity contribution is 5.48. The standard InChI is InChI=1S/C18H18N2O2/c1-21-17-7-3-6-15-9-16(12-22-18(15)17)20-11-14-5-2-4-13(8-14)10-19/h2-8,16,20H,9,11-12H2,1H3/t16-/m1/s1. The molecular formula is C18H18N2O2. The van der Waals surface area contributed by atoms with Crippen molar-refractivity contribution < 1.29 is 9.47 Å². The predicted molar refractivity (Wildman–Crippen MR) is 84.0 cm³/mol. The molecule has 0 aromatic heterocycles. The van der Waals surface area contributed by atoms with Gasteiger partial charge in [0, 0.05) is 12.6 Å². The Morgan fingerprint density at radius 3 is 3.00 bits per heavy atom. The second-order valence-corrected chi connectivity index (χ2v) is 5.35. The molecule has 1 heterocycles. The molecule has 22 heavy (non-hydrogen) atoms. The number of nitrogens with one attached hydrogen (secondary N) is 1. The van der Waals surface area contributed by atoms with E-state index in [1.54, 1.807) is 7.11 Å². The Labute approximate surface area is 130 Å². The summed E-state index contributed by atoms with van der Waals surface area (Å²) in [6.45, 7) is 1.34. The van der Waals surface area contributed by atoms with Crippen molar-refractivity contribution in [2.45, 2.75) is 19.0 Å². The Hall–Kier alpha value is -2.51. The van der Waals surface area contributed by atoms with Crippen molar-refractivity contribution in [2.24, 2.45) is 0 Å². The van der Waals surface area contributed by atoms with Crippen LogP contribution in [0.25, 0.3) is 0 Å². The van der Waals surface area contributed by atoms with E-state index in [0.29, 0.717) is 12.2 Å². The summed E-state index contributed by atoms with van der Waals surface area (Å²) in [6.07, 6.45) is 0.907. The van der Waals surface area contributed by atoms with Gasteiger partial charge in [-0.1, -0.05) is 24.3 Å². The molecule has 1 aliphatic heterocycles. The van der Waals surface area contributed by atoms with Gasteiger partial charge >= 0.3 is 0 Å². The number of nitriles is 1. The molecular weight excluding hydrogens is 276 g/mol. The number of nitrogens with zero attached hydrogens (tertiary/aromatic N) is 1. The summed E-state index contributed by atoms with van der Waals surface area (Å²) in [5.74, 6) is 1.65. The number of benzene rings is 2. The molecule has 4 nitrogen and oxygen atoms in total. The van der Waals surface area contributed by atoms with E-state index in [1.165, 1.54) is 0 Å². The molecule has 0 radical (unpaired) electrons. The molecule has 4 heteroatoms. The van der Waals surface area contributed by atoms with Crippen molar-refractivity contribution in [3.05, 3.63) is 59.2 Å². The van der Waals surface area contributed by atoms with Crippen molar-refractivity contribution in [1.29, 1.82) is 5.26 Å². The second kappa shape index (κ2) is 6.50. The van der Waals surface area contributed by atoms with Crippen molar-refractivity contribution in [1.82, 2.24) is 5.32 Å². The Kier molecular flexibility index (Phi) is 4.27. The van der Waals surface area contributed by atoms with E-state index in [0.717, 1.165) is 35.6 Å². The molecule has 0 fully saturated rings. The zero-order valence-electron chi connectivity index (χ0n) is 12.5. The van der Waals surface area contributed by atoms with Gasteiger partial charge in [0.25, 0.3) is 0 Å². The van der Waals surface area contributed by atoms with Crippen molar-refractivity contribution in [3.63, 3.8) is 0 Å². The van der Waals surface area contributed by atoms with E-state index in [-0.39, 0.29) is 6.04 Å². The quantitative estimate of drug-likeness (QED) is 0.942. The Morgan fingerprint density at radius 1 is 1.32 bits per heavy atom. The van der Waals surface area contributed by atoms with Crippen LogP contribution in [0.2, 0.25) is 0 Å². The fourth-order valence-corrected chi connectivity index (χ4v) is 2.70. The van der Waals surface area contributed by atoms with E-state index in [4.69, 9.17) is 14.7 Å². The van der Waals surface area contributed by atoms with Crippen LogP contribution in [0.1, 0.15) is 16.7 Å². The number of hydrogen-bond acceptors (Lipinski definition) is 4. The smallest absolute Gasteiger partial charge is 0.164 e. The van der Waals surface area contributed by atoms with Crippen molar-refractivity contribution in [2.75, 3.05) is 13.7 Å². The van der Waals surface area contributed by atoms with Crippen LogP contribution in [0.4, 0.5) is 0 Å². The van der Waals surface area contributed by atoms with Crippen molar-refractivity contribution >= 4 is 0 Å². The van der Waals surface area contributed by atoms with Gasteiger partial charge in [-0.05, 0) is 35.7 Å². The first-order valence-corrected chi connectivity index (χ1v) is 7.31. The Morgan fingerprint density at radius 2 is 2.18 bits per heavy atom.